The molecule has 9 heteroatoms. The van der Waals surface area contributed by atoms with E-state index in [2.05, 4.69) is 4.90 Å². The van der Waals surface area contributed by atoms with Crippen LogP contribution in [-0.2, 0) is 22.6 Å². The number of ether oxygens (including phenoxy) is 1. The van der Waals surface area contributed by atoms with Gasteiger partial charge in [0.1, 0.15) is 12.4 Å². The quantitative estimate of drug-likeness (QED) is 0.367. The van der Waals surface area contributed by atoms with E-state index >= 15 is 0 Å². The van der Waals surface area contributed by atoms with Crippen molar-refractivity contribution in [3.05, 3.63) is 92.4 Å². The third-order valence-corrected chi connectivity index (χ3v) is 7.51. The summed E-state index contributed by atoms with van der Waals surface area (Å²) in [6.07, 6.45) is 0. The van der Waals surface area contributed by atoms with Gasteiger partial charge in [0.15, 0.2) is 0 Å². The molecule has 1 saturated heterocycles. The number of thiophene rings is 1. The Kier molecular flexibility index (Phi) is 9.68. The smallest absolute Gasteiger partial charge is 0.254 e. The first-order valence-corrected chi connectivity index (χ1v) is 13.5. The second-order valence-electron chi connectivity index (χ2n) is 9.08. The second kappa shape index (κ2) is 13.1. The van der Waals surface area contributed by atoms with Crippen LogP contribution in [0.5, 0.6) is 0 Å². The Bertz CT molecular complexity index is 1180. The van der Waals surface area contributed by atoms with E-state index in [9.17, 15) is 14.0 Å². The number of carbonyl (C=O) groups is 2. The molecule has 0 atom stereocenters. The van der Waals surface area contributed by atoms with E-state index < -0.39 is 0 Å². The van der Waals surface area contributed by atoms with Crippen LogP contribution in [0.25, 0.3) is 0 Å². The van der Waals surface area contributed by atoms with E-state index in [1.54, 1.807) is 57.5 Å². The van der Waals surface area contributed by atoms with Crippen molar-refractivity contribution in [2.45, 2.75) is 20.0 Å². The highest BCUT2D eigenvalue weighted by Gasteiger charge is 2.24. The molecule has 1 fully saturated rings. The largest absolute Gasteiger partial charge is 0.379 e. The van der Waals surface area contributed by atoms with Gasteiger partial charge in [-0.15, -0.1) is 11.3 Å². The molecule has 1 aliphatic rings. The lowest BCUT2D eigenvalue weighted by Gasteiger charge is -2.31. The second-order valence-corrected chi connectivity index (χ2v) is 10.9. The minimum absolute atomic E-state index is 0.0582. The molecule has 196 valence electrons. The molecule has 0 aliphatic carbocycles. The number of aryl methyl sites for hydroxylation is 1. The molecular formula is C28H31ClFN3O3S. The van der Waals surface area contributed by atoms with Crippen molar-refractivity contribution >= 4 is 34.8 Å². The molecule has 0 spiro atoms. The highest BCUT2D eigenvalue weighted by atomic mass is 35.5. The van der Waals surface area contributed by atoms with Crippen molar-refractivity contribution in [2.24, 2.45) is 0 Å². The highest BCUT2D eigenvalue weighted by molar-refractivity contribution is 7.11. The number of rotatable bonds is 10. The van der Waals surface area contributed by atoms with Gasteiger partial charge < -0.3 is 14.5 Å². The Morgan fingerprint density at radius 3 is 2.32 bits per heavy atom. The van der Waals surface area contributed by atoms with Crippen LogP contribution in [0.1, 0.15) is 25.7 Å². The van der Waals surface area contributed by atoms with Crippen molar-refractivity contribution in [1.29, 1.82) is 0 Å². The fourth-order valence-electron chi connectivity index (χ4n) is 4.18. The van der Waals surface area contributed by atoms with Crippen molar-refractivity contribution in [1.82, 2.24) is 14.7 Å². The number of hydrogen-bond acceptors (Lipinski definition) is 5. The van der Waals surface area contributed by atoms with Gasteiger partial charge in [0.2, 0.25) is 5.91 Å². The number of amides is 2. The van der Waals surface area contributed by atoms with Crippen molar-refractivity contribution < 1.29 is 18.7 Å². The molecule has 3 aromatic rings. The van der Waals surface area contributed by atoms with Gasteiger partial charge in [-0.2, -0.15) is 0 Å². The minimum atomic E-state index is -0.321. The molecule has 0 unspecified atom stereocenters. The maximum atomic E-state index is 13.7. The van der Waals surface area contributed by atoms with Crippen LogP contribution in [0, 0.1) is 12.7 Å². The molecule has 1 aliphatic heterocycles. The summed E-state index contributed by atoms with van der Waals surface area (Å²) in [6, 6.07) is 16.9. The Balaban J connectivity index is 1.53. The molecule has 1 aromatic heterocycles. The van der Waals surface area contributed by atoms with Crippen molar-refractivity contribution in [2.75, 3.05) is 45.9 Å². The van der Waals surface area contributed by atoms with E-state index in [1.165, 1.54) is 12.1 Å². The summed E-state index contributed by atoms with van der Waals surface area (Å²) in [4.78, 5) is 35.0. The van der Waals surface area contributed by atoms with E-state index in [-0.39, 0.29) is 24.2 Å². The number of carbonyl (C=O) groups excluding carboxylic acids is 2. The minimum Gasteiger partial charge on any atom is -0.379 e. The van der Waals surface area contributed by atoms with Gasteiger partial charge in [-0.1, -0.05) is 23.7 Å². The van der Waals surface area contributed by atoms with Gasteiger partial charge in [-0.25, -0.2) is 4.39 Å². The first-order valence-electron chi connectivity index (χ1n) is 12.3. The monoisotopic (exact) mass is 543 g/mol. The van der Waals surface area contributed by atoms with Gasteiger partial charge in [0, 0.05) is 53.1 Å². The molecule has 2 heterocycles. The van der Waals surface area contributed by atoms with E-state index in [0.717, 1.165) is 28.4 Å². The first-order chi connectivity index (χ1) is 17.9. The zero-order valence-electron chi connectivity index (χ0n) is 20.9. The molecule has 37 heavy (non-hydrogen) atoms. The number of nitrogens with zero attached hydrogens (tertiary/aromatic N) is 3. The van der Waals surface area contributed by atoms with E-state index in [1.807, 2.05) is 19.1 Å². The number of hydrogen-bond donors (Lipinski definition) is 0. The lowest BCUT2D eigenvalue weighted by molar-refractivity contribution is -0.133. The normalized spacial score (nSPS) is 13.9. The number of morpholine rings is 1. The molecular weight excluding hydrogens is 513 g/mol. The Morgan fingerprint density at radius 2 is 1.68 bits per heavy atom. The standard InChI is InChI=1S/C28H31ClFN3O3S/c1-21-2-11-26(37-21)19-33(18-22-3-9-25(30)10-4-22)27(34)20-32(13-12-31-14-16-36-17-15-31)28(35)23-5-7-24(29)8-6-23/h2-11H,12-20H2,1H3. The van der Waals surface area contributed by atoms with Gasteiger partial charge in [0.25, 0.3) is 5.91 Å². The average molecular weight is 544 g/mol. The Labute approximate surface area is 226 Å². The van der Waals surface area contributed by atoms with Crippen LogP contribution in [0.3, 0.4) is 0 Å². The molecule has 0 radical (unpaired) electrons. The molecule has 2 amide bonds. The molecule has 4 rings (SSSR count). The molecule has 0 N–H and O–H groups in total. The SMILES string of the molecule is Cc1ccc(CN(Cc2ccc(F)cc2)C(=O)CN(CCN2CCOCC2)C(=O)c2ccc(Cl)cc2)s1. The maximum absolute atomic E-state index is 13.7. The molecule has 6 nitrogen and oxygen atoms in total. The summed E-state index contributed by atoms with van der Waals surface area (Å²) in [5.41, 5.74) is 1.31. The van der Waals surface area contributed by atoms with Crippen LogP contribution in [0.15, 0.2) is 60.7 Å². The molecule has 2 aromatic carbocycles. The predicted molar refractivity (Wildman–Crippen MR) is 144 cm³/mol. The predicted octanol–water partition coefficient (Wildman–Crippen LogP) is 4.85. The van der Waals surface area contributed by atoms with Crippen LogP contribution in [0.2, 0.25) is 5.02 Å². The fourth-order valence-corrected chi connectivity index (χ4v) is 5.21. The topological polar surface area (TPSA) is 53.1 Å². The maximum Gasteiger partial charge on any atom is 0.254 e. The Hall–Kier alpha value is -2.78. The lowest BCUT2D eigenvalue weighted by Crippen LogP contribution is -2.47. The average Bonchev–Trinajstić information content (AvgIpc) is 3.32. The van der Waals surface area contributed by atoms with Crippen molar-refractivity contribution in [3.63, 3.8) is 0 Å². The summed E-state index contributed by atoms with van der Waals surface area (Å²) in [5, 5.41) is 0.546. The fraction of sp³-hybridized carbons (Fsp3) is 0.357. The number of halogens is 2. The van der Waals surface area contributed by atoms with Crippen molar-refractivity contribution in [3.8, 4) is 0 Å². The van der Waals surface area contributed by atoms with Crippen LogP contribution >= 0.6 is 22.9 Å². The van der Waals surface area contributed by atoms with Crippen LogP contribution < -0.4 is 0 Å². The van der Waals surface area contributed by atoms with Gasteiger partial charge in [-0.05, 0) is 61.0 Å². The zero-order chi connectivity index (χ0) is 26.2. The summed E-state index contributed by atoms with van der Waals surface area (Å²) in [6.45, 7) is 6.69. The third kappa shape index (κ3) is 8.10. The van der Waals surface area contributed by atoms with Gasteiger partial charge in [-0.3, -0.25) is 14.5 Å². The third-order valence-electron chi connectivity index (χ3n) is 6.28. The molecule has 0 saturated carbocycles. The van der Waals surface area contributed by atoms with Crippen LogP contribution in [0.4, 0.5) is 4.39 Å². The van der Waals surface area contributed by atoms with E-state index in [4.69, 9.17) is 16.3 Å². The summed E-state index contributed by atoms with van der Waals surface area (Å²) in [7, 11) is 0. The lowest BCUT2D eigenvalue weighted by atomic mass is 10.2. The summed E-state index contributed by atoms with van der Waals surface area (Å²) in [5.74, 6) is -0.704. The summed E-state index contributed by atoms with van der Waals surface area (Å²) < 4.78 is 18.9. The summed E-state index contributed by atoms with van der Waals surface area (Å²) >= 11 is 7.66. The van der Waals surface area contributed by atoms with E-state index in [0.29, 0.717) is 50.0 Å². The first kappa shape index (κ1) is 27.3. The number of benzene rings is 2. The van der Waals surface area contributed by atoms with Crippen LogP contribution in [-0.4, -0.2) is 72.5 Å². The Morgan fingerprint density at radius 1 is 0.973 bits per heavy atom. The molecule has 0 bridgehead atoms. The van der Waals surface area contributed by atoms with Gasteiger partial charge >= 0.3 is 0 Å². The van der Waals surface area contributed by atoms with Gasteiger partial charge in [0.05, 0.1) is 19.8 Å². The highest BCUT2D eigenvalue weighted by Crippen LogP contribution is 2.20. The zero-order valence-corrected chi connectivity index (χ0v) is 22.4.